The number of alkyl halides is 6. The first-order valence-electron chi connectivity index (χ1n) is 16.2. The molecule has 2 heterocycles. The van der Waals surface area contributed by atoms with Crippen LogP contribution in [0.1, 0.15) is 74.9 Å². The molecule has 4 nitrogen and oxygen atoms in total. The number of halogens is 6. The van der Waals surface area contributed by atoms with Gasteiger partial charge in [0.1, 0.15) is 11.5 Å². The molecule has 0 atom stereocenters. The Kier molecular flexibility index (Phi) is 8.39. The maximum absolute atomic E-state index is 15.3. The van der Waals surface area contributed by atoms with E-state index in [0.29, 0.717) is 0 Å². The van der Waals surface area contributed by atoms with E-state index in [-0.39, 0.29) is 60.0 Å². The number of hydrogen-bond donors (Lipinski definition) is 0. The average Bonchev–Trinajstić information content (AvgIpc) is 3.02. The van der Waals surface area contributed by atoms with Crippen molar-refractivity contribution < 1.29 is 35.8 Å². The molecule has 0 spiro atoms. The Hall–Kier alpha value is -4.34. The molecule has 49 heavy (non-hydrogen) atoms. The van der Waals surface area contributed by atoms with Crippen LogP contribution in [0.25, 0.3) is 0 Å². The Morgan fingerprint density at radius 3 is 1.10 bits per heavy atom. The van der Waals surface area contributed by atoms with Gasteiger partial charge in [0, 0.05) is 35.6 Å². The SMILES string of the molecule is CC(C)(C)c1ccc(N2COc3ccc(C(c4ccc5c(c4)CN(c4ccc(C(C)(C)C)cc4)CO5)(C(F)(F)F)C(F)(F)F)cc3C2)cc1. The van der Waals surface area contributed by atoms with E-state index in [2.05, 4.69) is 41.5 Å². The molecule has 0 aliphatic carbocycles. The van der Waals surface area contributed by atoms with Gasteiger partial charge in [-0.15, -0.1) is 0 Å². The normalized spacial score (nSPS) is 15.7. The molecule has 0 fully saturated rings. The van der Waals surface area contributed by atoms with Gasteiger partial charge in [-0.2, -0.15) is 26.3 Å². The summed E-state index contributed by atoms with van der Waals surface area (Å²) in [5.41, 5.74) is -2.20. The Morgan fingerprint density at radius 2 is 0.796 bits per heavy atom. The van der Waals surface area contributed by atoms with E-state index < -0.39 is 28.9 Å². The topological polar surface area (TPSA) is 24.9 Å². The second-order valence-electron chi connectivity index (χ2n) is 14.9. The van der Waals surface area contributed by atoms with Gasteiger partial charge in [-0.05, 0) is 81.6 Å². The van der Waals surface area contributed by atoms with Gasteiger partial charge in [0.05, 0.1) is 0 Å². The number of ether oxygens (including phenoxy) is 2. The minimum absolute atomic E-state index is 0.0742. The summed E-state index contributed by atoms with van der Waals surface area (Å²) in [6, 6.07) is 21.5. The average molecular weight is 683 g/mol. The second-order valence-corrected chi connectivity index (χ2v) is 14.9. The van der Waals surface area contributed by atoms with Crippen LogP contribution in [0.3, 0.4) is 0 Å². The lowest BCUT2D eigenvalue weighted by atomic mass is 9.72. The van der Waals surface area contributed by atoms with Crippen LogP contribution in [0, 0.1) is 0 Å². The summed E-state index contributed by atoms with van der Waals surface area (Å²) in [4.78, 5) is 3.56. The number of anilines is 2. The molecule has 0 saturated heterocycles. The highest BCUT2D eigenvalue weighted by atomic mass is 19.4. The molecule has 0 N–H and O–H groups in total. The van der Waals surface area contributed by atoms with Crippen LogP contribution in [0.15, 0.2) is 84.9 Å². The molecule has 4 aromatic carbocycles. The molecule has 6 rings (SSSR count). The van der Waals surface area contributed by atoms with Crippen LogP contribution in [0.4, 0.5) is 37.7 Å². The van der Waals surface area contributed by atoms with Gasteiger partial charge in [-0.1, -0.05) is 77.9 Å². The molecule has 0 saturated carbocycles. The van der Waals surface area contributed by atoms with E-state index in [0.717, 1.165) is 46.8 Å². The first-order chi connectivity index (χ1) is 22.8. The number of rotatable bonds is 4. The molecule has 260 valence electrons. The lowest BCUT2D eigenvalue weighted by Gasteiger charge is -2.40. The van der Waals surface area contributed by atoms with Crippen molar-refractivity contribution in [3.63, 3.8) is 0 Å². The second kappa shape index (κ2) is 11.9. The zero-order valence-electron chi connectivity index (χ0n) is 28.4. The molecule has 0 unspecified atom stereocenters. The smallest absolute Gasteiger partial charge is 0.411 e. The molecular formula is C39H40F6N2O2. The molecule has 0 aromatic heterocycles. The summed E-state index contributed by atoms with van der Waals surface area (Å²) < 4.78 is 103. The maximum atomic E-state index is 15.3. The maximum Gasteiger partial charge on any atom is 0.411 e. The zero-order chi connectivity index (χ0) is 35.6. The Balaban J connectivity index is 1.38. The van der Waals surface area contributed by atoms with E-state index in [9.17, 15) is 0 Å². The van der Waals surface area contributed by atoms with Crippen molar-refractivity contribution >= 4 is 11.4 Å². The largest absolute Gasteiger partial charge is 0.473 e. The summed E-state index contributed by atoms with van der Waals surface area (Å²) in [5, 5.41) is 0. The van der Waals surface area contributed by atoms with Crippen molar-refractivity contribution in [1.82, 2.24) is 0 Å². The third kappa shape index (κ3) is 6.30. The van der Waals surface area contributed by atoms with Crippen molar-refractivity contribution in [3.8, 4) is 11.5 Å². The number of nitrogens with zero attached hydrogens (tertiary/aromatic N) is 2. The molecule has 2 aliphatic rings. The van der Waals surface area contributed by atoms with Crippen molar-refractivity contribution in [2.24, 2.45) is 0 Å². The molecule has 0 amide bonds. The fraction of sp³-hybridized carbons (Fsp3) is 0.385. The van der Waals surface area contributed by atoms with Gasteiger partial charge in [0.15, 0.2) is 13.5 Å². The molecule has 4 aromatic rings. The van der Waals surface area contributed by atoms with E-state index in [1.54, 1.807) is 9.80 Å². The monoisotopic (exact) mass is 682 g/mol. The highest BCUT2D eigenvalue weighted by Gasteiger charge is 2.72. The van der Waals surface area contributed by atoms with Crippen LogP contribution in [-0.2, 0) is 29.3 Å². The van der Waals surface area contributed by atoms with Crippen LogP contribution >= 0.6 is 0 Å². The number of benzene rings is 4. The van der Waals surface area contributed by atoms with Crippen molar-refractivity contribution in [2.45, 2.75) is 83.2 Å². The first-order valence-corrected chi connectivity index (χ1v) is 16.2. The van der Waals surface area contributed by atoms with Crippen LogP contribution < -0.4 is 19.3 Å². The molecule has 10 heteroatoms. The summed E-state index contributed by atoms with van der Waals surface area (Å²) in [6.45, 7) is 12.8. The highest BCUT2D eigenvalue weighted by Crippen LogP contribution is 2.57. The fourth-order valence-corrected chi connectivity index (χ4v) is 6.61. The third-order valence-corrected chi connectivity index (χ3v) is 9.51. The number of fused-ring (bicyclic) bond motifs is 2. The fourth-order valence-electron chi connectivity index (χ4n) is 6.61. The van der Waals surface area contributed by atoms with Crippen LogP contribution in [0.2, 0.25) is 0 Å². The van der Waals surface area contributed by atoms with Crippen LogP contribution in [-0.4, -0.2) is 25.8 Å². The molecule has 0 radical (unpaired) electrons. The van der Waals surface area contributed by atoms with Crippen molar-refractivity contribution in [2.75, 3.05) is 23.3 Å². The summed E-state index contributed by atoms with van der Waals surface area (Å²) in [6.07, 6.45) is -11.5. The van der Waals surface area contributed by atoms with Gasteiger partial charge < -0.3 is 19.3 Å². The zero-order valence-corrected chi connectivity index (χ0v) is 28.4. The van der Waals surface area contributed by atoms with Gasteiger partial charge in [-0.3, -0.25) is 0 Å². The van der Waals surface area contributed by atoms with Crippen LogP contribution in [0.5, 0.6) is 11.5 Å². The summed E-state index contributed by atoms with van der Waals surface area (Å²) >= 11 is 0. The van der Waals surface area contributed by atoms with E-state index in [4.69, 9.17) is 9.47 Å². The van der Waals surface area contributed by atoms with Gasteiger partial charge in [0.2, 0.25) is 5.41 Å². The quantitative estimate of drug-likeness (QED) is 0.200. The standard InChI is InChI=1S/C39H40F6N2O2/c1-35(2,3)27-7-13-31(14-8-27)46-21-25-19-29(11-17-33(25)48-23-46)37(38(40,41)42,39(43,44)45)30-12-18-34-26(20-30)22-47(24-49-34)32-15-9-28(10-16-32)36(4,5)6/h7-20H,21-24H2,1-6H3. The number of hydrogen-bond acceptors (Lipinski definition) is 4. The minimum atomic E-state index is -5.73. The van der Waals surface area contributed by atoms with E-state index in [1.807, 2.05) is 48.5 Å². The Labute approximate surface area is 283 Å². The summed E-state index contributed by atoms with van der Waals surface area (Å²) in [5.74, 6) is 0.494. The van der Waals surface area contributed by atoms with E-state index >= 15 is 26.3 Å². The van der Waals surface area contributed by atoms with Crippen molar-refractivity contribution in [3.05, 3.63) is 118 Å². The first kappa shape index (κ1) is 34.5. The minimum Gasteiger partial charge on any atom is -0.473 e. The molecule has 2 aliphatic heterocycles. The molecule has 0 bridgehead atoms. The summed E-state index contributed by atoms with van der Waals surface area (Å²) in [7, 11) is 0. The lowest BCUT2D eigenvalue weighted by Crippen LogP contribution is -2.55. The highest BCUT2D eigenvalue weighted by molar-refractivity contribution is 5.57. The Bertz CT molecular complexity index is 1680. The van der Waals surface area contributed by atoms with Gasteiger partial charge >= 0.3 is 12.4 Å². The lowest BCUT2D eigenvalue weighted by molar-refractivity contribution is -0.288. The van der Waals surface area contributed by atoms with E-state index in [1.165, 1.54) is 12.1 Å². The van der Waals surface area contributed by atoms with Gasteiger partial charge in [-0.25, -0.2) is 0 Å². The predicted octanol–water partition coefficient (Wildman–Crippen LogP) is 10.4. The Morgan fingerprint density at radius 1 is 0.469 bits per heavy atom. The van der Waals surface area contributed by atoms with Crippen molar-refractivity contribution in [1.29, 1.82) is 0 Å². The molecular weight excluding hydrogens is 642 g/mol. The van der Waals surface area contributed by atoms with Gasteiger partial charge in [0.25, 0.3) is 0 Å². The predicted molar refractivity (Wildman–Crippen MR) is 179 cm³/mol. The third-order valence-electron chi connectivity index (χ3n) is 9.51.